The Bertz CT molecular complexity index is 698. The average molecular weight is 414 g/mol. The first kappa shape index (κ1) is 22.1. The number of hydrogen-bond donors (Lipinski definition) is 0. The van der Waals surface area contributed by atoms with Gasteiger partial charge >= 0.3 is 0 Å². The van der Waals surface area contributed by atoms with Crippen LogP contribution < -0.4 is 4.74 Å². The third-order valence-corrected chi connectivity index (χ3v) is 6.34. The van der Waals surface area contributed by atoms with Crippen molar-refractivity contribution >= 4 is 0 Å². The quantitative estimate of drug-likeness (QED) is 0.368. The topological polar surface area (TPSA) is 18.5 Å². The van der Waals surface area contributed by atoms with E-state index in [0.29, 0.717) is 19.3 Å². The van der Waals surface area contributed by atoms with Gasteiger partial charge in [-0.3, -0.25) is 0 Å². The first-order chi connectivity index (χ1) is 13.9. The molecule has 0 amide bonds. The van der Waals surface area contributed by atoms with E-state index in [0.717, 1.165) is 19.3 Å². The zero-order valence-electron chi connectivity index (χ0n) is 16.9. The smallest absolute Gasteiger partial charge is 0.253 e. The molecule has 2 fully saturated rings. The normalized spacial score (nSPS) is 29.4. The van der Waals surface area contributed by atoms with Crippen molar-refractivity contribution in [2.75, 3.05) is 13.2 Å². The van der Waals surface area contributed by atoms with Crippen LogP contribution in [-0.4, -0.2) is 25.2 Å². The minimum atomic E-state index is -2.75. The lowest BCUT2D eigenvalue weighted by Crippen LogP contribution is -2.45. The molecule has 1 aliphatic heterocycles. The Morgan fingerprint density at radius 2 is 1.97 bits per heavy atom. The minimum Gasteiger partial charge on any atom is -0.491 e. The van der Waals surface area contributed by atoms with E-state index in [-0.39, 0.29) is 42.8 Å². The van der Waals surface area contributed by atoms with E-state index in [9.17, 15) is 17.6 Å². The predicted molar refractivity (Wildman–Crippen MR) is 104 cm³/mol. The summed E-state index contributed by atoms with van der Waals surface area (Å²) in [5.41, 5.74) is 0.226. The highest BCUT2D eigenvalue weighted by Crippen LogP contribution is 2.47. The van der Waals surface area contributed by atoms with Gasteiger partial charge in [-0.15, -0.1) is 6.58 Å². The summed E-state index contributed by atoms with van der Waals surface area (Å²) < 4.78 is 69.0. The van der Waals surface area contributed by atoms with Crippen LogP contribution in [0.4, 0.5) is 17.6 Å². The van der Waals surface area contributed by atoms with Gasteiger partial charge in [0.1, 0.15) is 0 Å². The van der Waals surface area contributed by atoms with Crippen molar-refractivity contribution in [2.24, 2.45) is 11.8 Å². The number of ether oxygens (including phenoxy) is 2. The third kappa shape index (κ3) is 4.96. The largest absolute Gasteiger partial charge is 0.491 e. The van der Waals surface area contributed by atoms with Crippen LogP contribution in [0.25, 0.3) is 0 Å². The molecule has 4 unspecified atom stereocenters. The fourth-order valence-electron chi connectivity index (χ4n) is 4.79. The highest BCUT2D eigenvalue weighted by molar-refractivity contribution is 5.33. The molecule has 162 valence electrons. The monoisotopic (exact) mass is 414 g/mol. The second-order valence-corrected chi connectivity index (χ2v) is 8.24. The molecule has 2 aliphatic rings. The third-order valence-electron chi connectivity index (χ3n) is 6.34. The van der Waals surface area contributed by atoms with Crippen molar-refractivity contribution < 1.29 is 27.0 Å². The molecule has 0 bridgehead atoms. The molecule has 6 heteroatoms. The molecular formula is C23H30F4O2. The fourth-order valence-corrected chi connectivity index (χ4v) is 4.79. The van der Waals surface area contributed by atoms with Gasteiger partial charge in [0.25, 0.3) is 5.92 Å². The van der Waals surface area contributed by atoms with Crippen LogP contribution in [0, 0.1) is 23.5 Å². The summed E-state index contributed by atoms with van der Waals surface area (Å²) >= 11 is 0. The molecule has 3 rings (SSSR count). The Labute approximate surface area is 170 Å². The number of allylic oxidation sites excluding steroid dienone is 1. The molecule has 1 aliphatic carbocycles. The van der Waals surface area contributed by atoms with Gasteiger partial charge in [-0.1, -0.05) is 12.1 Å². The van der Waals surface area contributed by atoms with Crippen LogP contribution in [0.15, 0.2) is 24.8 Å². The lowest BCUT2D eigenvalue weighted by molar-refractivity contribution is -0.164. The fraction of sp³-hybridized carbons (Fsp3) is 0.652. The van der Waals surface area contributed by atoms with Gasteiger partial charge in [0.2, 0.25) is 5.82 Å². The molecule has 1 aromatic rings. The summed E-state index contributed by atoms with van der Waals surface area (Å²) in [5, 5.41) is 0. The van der Waals surface area contributed by atoms with Gasteiger partial charge in [-0.2, -0.15) is 4.39 Å². The minimum absolute atomic E-state index is 0.0246. The average Bonchev–Trinajstić information content (AvgIpc) is 2.70. The molecule has 1 saturated heterocycles. The van der Waals surface area contributed by atoms with Crippen LogP contribution in [0.3, 0.4) is 0 Å². The summed E-state index contributed by atoms with van der Waals surface area (Å²) in [6.45, 7) is 5.73. The van der Waals surface area contributed by atoms with E-state index in [1.54, 1.807) is 13.0 Å². The van der Waals surface area contributed by atoms with Gasteiger partial charge in [0.05, 0.1) is 19.3 Å². The van der Waals surface area contributed by atoms with E-state index in [1.807, 2.05) is 0 Å². The van der Waals surface area contributed by atoms with Crippen LogP contribution in [0.5, 0.6) is 5.75 Å². The first-order valence-electron chi connectivity index (χ1n) is 10.6. The molecular weight excluding hydrogens is 384 g/mol. The Hall–Kier alpha value is -1.56. The van der Waals surface area contributed by atoms with Crippen LogP contribution in [-0.2, 0) is 4.74 Å². The van der Waals surface area contributed by atoms with Gasteiger partial charge in [-0.25, -0.2) is 13.2 Å². The van der Waals surface area contributed by atoms with Gasteiger partial charge in [0, 0.05) is 18.3 Å². The molecule has 29 heavy (non-hydrogen) atoms. The van der Waals surface area contributed by atoms with Crippen molar-refractivity contribution in [1.29, 1.82) is 0 Å². The maximum atomic E-state index is 14.8. The molecule has 0 aromatic heterocycles. The van der Waals surface area contributed by atoms with E-state index < -0.39 is 29.6 Å². The standard InChI is InChI=1S/C23H30F4O2/c1-3-5-6-15-7-10-18(23(26,27)13-15)19-11-8-16(14-29-19)17-9-12-20(28-4-2)22(25)21(17)24/h3,9,12,15-16,18-19H,1,4-8,10-11,13-14H2,2H3. The van der Waals surface area contributed by atoms with E-state index in [4.69, 9.17) is 9.47 Å². The number of alkyl halides is 2. The summed E-state index contributed by atoms with van der Waals surface area (Å²) in [6.07, 6.45) is 4.80. The summed E-state index contributed by atoms with van der Waals surface area (Å²) in [5.74, 6) is -5.92. The lowest BCUT2D eigenvalue weighted by Gasteiger charge is -2.42. The number of benzene rings is 1. The SMILES string of the molecule is C=CCCC1CCC(C2CCC(c3ccc(OCC)c(F)c3F)CO2)C(F)(F)C1. The highest BCUT2D eigenvalue weighted by atomic mass is 19.3. The van der Waals surface area contributed by atoms with Gasteiger partial charge < -0.3 is 9.47 Å². The number of halogens is 4. The van der Waals surface area contributed by atoms with E-state index in [2.05, 4.69) is 6.58 Å². The summed E-state index contributed by atoms with van der Waals surface area (Å²) in [6, 6.07) is 2.93. The zero-order valence-corrected chi connectivity index (χ0v) is 16.9. The number of rotatable bonds is 7. The molecule has 0 N–H and O–H groups in total. The van der Waals surface area contributed by atoms with Crippen LogP contribution >= 0.6 is 0 Å². The van der Waals surface area contributed by atoms with Crippen LogP contribution in [0.2, 0.25) is 0 Å². The van der Waals surface area contributed by atoms with Crippen molar-refractivity contribution in [3.63, 3.8) is 0 Å². The molecule has 1 saturated carbocycles. The van der Waals surface area contributed by atoms with Crippen molar-refractivity contribution in [1.82, 2.24) is 0 Å². The second kappa shape index (κ2) is 9.50. The molecule has 1 heterocycles. The number of hydrogen-bond acceptors (Lipinski definition) is 2. The highest BCUT2D eigenvalue weighted by Gasteiger charge is 2.49. The van der Waals surface area contributed by atoms with Crippen molar-refractivity contribution in [2.45, 2.75) is 69.8 Å². The Morgan fingerprint density at radius 1 is 1.17 bits per heavy atom. The van der Waals surface area contributed by atoms with E-state index in [1.165, 1.54) is 12.1 Å². The van der Waals surface area contributed by atoms with Crippen molar-refractivity contribution in [3.05, 3.63) is 42.0 Å². The van der Waals surface area contributed by atoms with Crippen LogP contribution in [0.1, 0.15) is 63.4 Å². The maximum absolute atomic E-state index is 14.8. The molecule has 0 radical (unpaired) electrons. The summed E-state index contributed by atoms with van der Waals surface area (Å²) in [7, 11) is 0. The first-order valence-corrected chi connectivity index (χ1v) is 10.6. The Morgan fingerprint density at radius 3 is 2.59 bits per heavy atom. The molecule has 1 aromatic carbocycles. The second-order valence-electron chi connectivity index (χ2n) is 8.24. The Balaban J connectivity index is 1.61. The maximum Gasteiger partial charge on any atom is 0.253 e. The van der Waals surface area contributed by atoms with E-state index >= 15 is 0 Å². The Kier molecular flexibility index (Phi) is 7.25. The van der Waals surface area contributed by atoms with Crippen molar-refractivity contribution in [3.8, 4) is 5.75 Å². The molecule has 2 nitrogen and oxygen atoms in total. The molecule has 0 spiro atoms. The lowest BCUT2D eigenvalue weighted by atomic mass is 9.73. The van der Waals surface area contributed by atoms with Gasteiger partial charge in [0.15, 0.2) is 11.6 Å². The summed E-state index contributed by atoms with van der Waals surface area (Å²) in [4.78, 5) is 0. The van der Waals surface area contributed by atoms with Gasteiger partial charge in [-0.05, 0) is 63.0 Å². The molecule has 4 atom stereocenters. The zero-order chi connectivity index (χ0) is 21.0. The predicted octanol–water partition coefficient (Wildman–Crippen LogP) is 6.64.